The minimum Gasteiger partial charge on any atom is -0.258 e. The summed E-state index contributed by atoms with van der Waals surface area (Å²) in [5.41, 5.74) is 2.24. The summed E-state index contributed by atoms with van der Waals surface area (Å²) in [5, 5.41) is 23.9. The molecule has 0 saturated carbocycles. The van der Waals surface area contributed by atoms with E-state index in [1.165, 1.54) is 12.1 Å². The molecular formula is C12H10N4O2. The first-order chi connectivity index (χ1) is 8.52. The lowest BCUT2D eigenvalue weighted by molar-refractivity contribution is -0.385. The zero-order chi connectivity index (χ0) is 13.3. The number of nitriles is 1. The molecule has 6 heteroatoms. The second-order valence-electron chi connectivity index (χ2n) is 3.91. The third-order valence-corrected chi connectivity index (χ3v) is 2.55. The van der Waals surface area contributed by atoms with Crippen molar-refractivity contribution in [2.75, 3.05) is 0 Å². The predicted octanol–water partition coefficient (Wildman–Crippen LogP) is 2.27. The molecule has 0 unspecified atom stereocenters. The first-order valence-electron chi connectivity index (χ1n) is 5.25. The molecule has 90 valence electrons. The maximum Gasteiger partial charge on any atom is 0.287 e. The molecule has 1 aromatic heterocycles. The molecule has 0 aliphatic rings. The van der Waals surface area contributed by atoms with Gasteiger partial charge >= 0.3 is 0 Å². The molecule has 0 radical (unpaired) electrons. The Kier molecular flexibility index (Phi) is 2.81. The number of aryl methyl sites for hydroxylation is 2. The van der Waals surface area contributed by atoms with Crippen molar-refractivity contribution < 1.29 is 4.92 Å². The Morgan fingerprint density at radius 2 is 2.11 bits per heavy atom. The molecule has 1 aromatic carbocycles. The molecule has 2 aromatic rings. The zero-order valence-electron chi connectivity index (χ0n) is 9.91. The van der Waals surface area contributed by atoms with Gasteiger partial charge in [-0.25, -0.2) is 4.68 Å². The summed E-state index contributed by atoms with van der Waals surface area (Å²) in [6.07, 6.45) is 0. The van der Waals surface area contributed by atoms with Crippen LogP contribution in [0.3, 0.4) is 0 Å². The zero-order valence-corrected chi connectivity index (χ0v) is 9.91. The fraction of sp³-hybridized carbons (Fsp3) is 0.167. The van der Waals surface area contributed by atoms with Crippen LogP contribution in [0, 0.1) is 35.3 Å². The number of nitro benzene ring substituents is 1. The van der Waals surface area contributed by atoms with Crippen LogP contribution in [0.4, 0.5) is 5.69 Å². The van der Waals surface area contributed by atoms with E-state index in [-0.39, 0.29) is 11.3 Å². The van der Waals surface area contributed by atoms with Crippen molar-refractivity contribution >= 4 is 5.69 Å². The SMILES string of the molecule is Cc1cc(C)n(-c2ccc([N+](=O)[O-])c(C#N)c2)n1. The van der Waals surface area contributed by atoms with Crippen LogP contribution < -0.4 is 0 Å². The largest absolute Gasteiger partial charge is 0.287 e. The van der Waals surface area contributed by atoms with Gasteiger partial charge in [0, 0.05) is 11.8 Å². The summed E-state index contributed by atoms with van der Waals surface area (Å²) in [4.78, 5) is 10.2. The second-order valence-corrected chi connectivity index (χ2v) is 3.91. The summed E-state index contributed by atoms with van der Waals surface area (Å²) >= 11 is 0. The summed E-state index contributed by atoms with van der Waals surface area (Å²) in [5.74, 6) is 0. The lowest BCUT2D eigenvalue weighted by atomic mass is 10.1. The van der Waals surface area contributed by atoms with Crippen LogP contribution in [0.5, 0.6) is 0 Å². The van der Waals surface area contributed by atoms with Gasteiger partial charge < -0.3 is 0 Å². The standard InChI is InChI=1S/C12H10N4O2/c1-8-5-9(2)15(14-8)11-3-4-12(16(17)18)10(6-11)7-13/h3-6H,1-2H3. The lowest BCUT2D eigenvalue weighted by Gasteiger charge is -2.04. The molecule has 0 amide bonds. The molecular weight excluding hydrogens is 232 g/mol. The van der Waals surface area contributed by atoms with E-state index in [1.54, 1.807) is 10.7 Å². The first-order valence-corrected chi connectivity index (χ1v) is 5.25. The molecule has 18 heavy (non-hydrogen) atoms. The predicted molar refractivity (Wildman–Crippen MR) is 64.4 cm³/mol. The van der Waals surface area contributed by atoms with Crippen molar-refractivity contribution in [1.82, 2.24) is 9.78 Å². The van der Waals surface area contributed by atoms with Gasteiger partial charge in [-0.2, -0.15) is 10.4 Å². The monoisotopic (exact) mass is 242 g/mol. The average Bonchev–Trinajstić information content (AvgIpc) is 2.67. The summed E-state index contributed by atoms with van der Waals surface area (Å²) in [6, 6.07) is 8.10. The smallest absolute Gasteiger partial charge is 0.258 e. The Bertz CT molecular complexity index is 667. The highest BCUT2D eigenvalue weighted by molar-refractivity contribution is 5.54. The molecule has 0 N–H and O–H groups in total. The normalized spacial score (nSPS) is 10.1. The van der Waals surface area contributed by atoms with Crippen molar-refractivity contribution in [3.8, 4) is 11.8 Å². The van der Waals surface area contributed by atoms with Gasteiger partial charge in [-0.1, -0.05) is 0 Å². The van der Waals surface area contributed by atoms with E-state index >= 15 is 0 Å². The van der Waals surface area contributed by atoms with Crippen molar-refractivity contribution in [2.24, 2.45) is 0 Å². The van der Waals surface area contributed by atoms with E-state index in [2.05, 4.69) is 5.10 Å². The van der Waals surface area contributed by atoms with Gasteiger partial charge in [0.2, 0.25) is 0 Å². The quantitative estimate of drug-likeness (QED) is 0.597. The number of nitrogens with zero attached hydrogens (tertiary/aromatic N) is 4. The first kappa shape index (κ1) is 11.8. The van der Waals surface area contributed by atoms with Crippen LogP contribution in [0.25, 0.3) is 5.69 Å². The van der Waals surface area contributed by atoms with E-state index in [0.29, 0.717) is 5.69 Å². The van der Waals surface area contributed by atoms with E-state index < -0.39 is 4.92 Å². The molecule has 0 aliphatic heterocycles. The van der Waals surface area contributed by atoms with E-state index in [9.17, 15) is 10.1 Å². The number of nitro groups is 1. The number of hydrogen-bond donors (Lipinski definition) is 0. The minimum absolute atomic E-state index is 0.0325. The van der Waals surface area contributed by atoms with Crippen LogP contribution in [0.15, 0.2) is 24.3 Å². The third kappa shape index (κ3) is 1.94. The maximum absolute atomic E-state index is 10.7. The fourth-order valence-corrected chi connectivity index (χ4v) is 1.79. The Morgan fingerprint density at radius 3 is 2.61 bits per heavy atom. The van der Waals surface area contributed by atoms with E-state index in [1.807, 2.05) is 26.0 Å². The molecule has 0 bridgehead atoms. The topological polar surface area (TPSA) is 84.7 Å². The fourth-order valence-electron chi connectivity index (χ4n) is 1.79. The van der Waals surface area contributed by atoms with Gasteiger partial charge in [-0.3, -0.25) is 10.1 Å². The number of rotatable bonds is 2. The van der Waals surface area contributed by atoms with Gasteiger partial charge in [-0.05, 0) is 32.0 Å². The number of hydrogen-bond acceptors (Lipinski definition) is 4. The Balaban J connectivity index is 2.58. The Morgan fingerprint density at radius 1 is 1.39 bits per heavy atom. The molecule has 0 spiro atoms. The second kappa shape index (κ2) is 4.30. The van der Waals surface area contributed by atoms with Crippen LogP contribution in [0.1, 0.15) is 17.0 Å². The maximum atomic E-state index is 10.7. The van der Waals surface area contributed by atoms with Gasteiger partial charge in [0.05, 0.1) is 16.3 Å². The van der Waals surface area contributed by atoms with Gasteiger partial charge in [0.25, 0.3) is 5.69 Å². The van der Waals surface area contributed by atoms with E-state index in [0.717, 1.165) is 11.4 Å². The Labute approximate surface area is 103 Å². The molecule has 0 saturated heterocycles. The molecule has 6 nitrogen and oxygen atoms in total. The van der Waals surface area contributed by atoms with Gasteiger partial charge in [-0.15, -0.1) is 0 Å². The van der Waals surface area contributed by atoms with Crippen LogP contribution in [0.2, 0.25) is 0 Å². The van der Waals surface area contributed by atoms with Crippen LogP contribution in [-0.4, -0.2) is 14.7 Å². The van der Waals surface area contributed by atoms with E-state index in [4.69, 9.17) is 5.26 Å². The van der Waals surface area contributed by atoms with Gasteiger partial charge in [0.1, 0.15) is 11.6 Å². The van der Waals surface area contributed by atoms with Crippen molar-refractivity contribution in [3.05, 3.63) is 51.3 Å². The van der Waals surface area contributed by atoms with Crippen molar-refractivity contribution in [2.45, 2.75) is 13.8 Å². The Hall–Kier alpha value is -2.68. The summed E-state index contributed by atoms with van der Waals surface area (Å²) in [6.45, 7) is 3.74. The van der Waals surface area contributed by atoms with Crippen LogP contribution in [-0.2, 0) is 0 Å². The molecule has 0 aliphatic carbocycles. The lowest BCUT2D eigenvalue weighted by Crippen LogP contribution is -2.01. The molecule has 2 rings (SSSR count). The van der Waals surface area contributed by atoms with Crippen molar-refractivity contribution in [3.63, 3.8) is 0 Å². The summed E-state index contributed by atoms with van der Waals surface area (Å²) < 4.78 is 1.65. The van der Waals surface area contributed by atoms with Crippen molar-refractivity contribution in [1.29, 1.82) is 5.26 Å². The molecule has 1 heterocycles. The minimum atomic E-state index is -0.566. The van der Waals surface area contributed by atoms with Gasteiger partial charge in [0.15, 0.2) is 0 Å². The highest BCUT2D eigenvalue weighted by atomic mass is 16.6. The highest BCUT2D eigenvalue weighted by Crippen LogP contribution is 2.22. The number of aromatic nitrogens is 2. The molecule has 0 atom stereocenters. The molecule has 0 fully saturated rings. The summed E-state index contributed by atoms with van der Waals surface area (Å²) in [7, 11) is 0. The average molecular weight is 242 g/mol. The third-order valence-electron chi connectivity index (χ3n) is 2.55. The van der Waals surface area contributed by atoms with Crippen LogP contribution >= 0.6 is 0 Å². The highest BCUT2D eigenvalue weighted by Gasteiger charge is 2.15. The number of benzene rings is 1.